The summed E-state index contributed by atoms with van der Waals surface area (Å²) in [6, 6.07) is 9.35. The smallest absolute Gasteiger partial charge is 0.130 e. The van der Waals surface area contributed by atoms with E-state index in [2.05, 4.69) is 0 Å². The highest BCUT2D eigenvalue weighted by Crippen LogP contribution is 2.32. The Morgan fingerprint density at radius 2 is 1.50 bits per heavy atom. The fourth-order valence-corrected chi connectivity index (χ4v) is 2.00. The molecule has 94 valence electrons. The van der Waals surface area contributed by atoms with Gasteiger partial charge in [-0.25, -0.2) is 0 Å². The van der Waals surface area contributed by atoms with Gasteiger partial charge in [0.1, 0.15) is 11.5 Å². The summed E-state index contributed by atoms with van der Waals surface area (Å²) in [7, 11) is 0. The number of benzene rings is 2. The van der Waals surface area contributed by atoms with Crippen LogP contribution in [0.2, 0.25) is 10.0 Å². The van der Waals surface area contributed by atoms with E-state index in [1.54, 1.807) is 0 Å². The maximum Gasteiger partial charge on any atom is 0.130 e. The molecule has 1 nitrogen and oxygen atoms in total. The molecule has 0 atom stereocenters. The van der Waals surface area contributed by atoms with Crippen LogP contribution in [0.1, 0.15) is 16.7 Å². The predicted octanol–water partition coefficient (Wildman–Crippen LogP) is 5.71. The molecule has 3 heteroatoms. The quantitative estimate of drug-likeness (QED) is 0.685. The molecule has 18 heavy (non-hydrogen) atoms. The number of hydrogen-bond donors (Lipinski definition) is 0. The number of ether oxygens (including phenoxy) is 1. The van der Waals surface area contributed by atoms with E-state index >= 15 is 0 Å². The second-order valence-corrected chi connectivity index (χ2v) is 5.12. The standard InChI is InChI=1S/C15H14Cl2O/c1-9-8-12(4-5-13(9)16)18-15-7-6-14(17)10(2)11(15)3/h4-8H,1-3H3. The van der Waals surface area contributed by atoms with Gasteiger partial charge >= 0.3 is 0 Å². The Kier molecular flexibility index (Phi) is 3.84. The summed E-state index contributed by atoms with van der Waals surface area (Å²) >= 11 is 12.0. The number of halogens is 2. The predicted molar refractivity (Wildman–Crippen MR) is 77.2 cm³/mol. The Labute approximate surface area is 117 Å². The monoisotopic (exact) mass is 280 g/mol. The van der Waals surface area contributed by atoms with E-state index < -0.39 is 0 Å². The van der Waals surface area contributed by atoms with Crippen molar-refractivity contribution in [2.45, 2.75) is 20.8 Å². The van der Waals surface area contributed by atoms with Crippen LogP contribution in [0.5, 0.6) is 11.5 Å². The van der Waals surface area contributed by atoms with Crippen molar-refractivity contribution >= 4 is 23.2 Å². The number of aryl methyl sites for hydroxylation is 1. The first-order valence-corrected chi connectivity index (χ1v) is 6.44. The first-order valence-electron chi connectivity index (χ1n) is 5.68. The highest BCUT2D eigenvalue weighted by atomic mass is 35.5. The minimum atomic E-state index is 0.742. The lowest BCUT2D eigenvalue weighted by Gasteiger charge is -2.12. The Bertz CT molecular complexity index is 591. The minimum absolute atomic E-state index is 0.742. The molecule has 0 aliphatic carbocycles. The zero-order valence-electron chi connectivity index (χ0n) is 10.6. The molecule has 0 aliphatic heterocycles. The normalized spacial score (nSPS) is 10.5. The third-order valence-corrected chi connectivity index (χ3v) is 3.86. The molecule has 2 rings (SSSR count). The van der Waals surface area contributed by atoms with Crippen LogP contribution in [0.3, 0.4) is 0 Å². The van der Waals surface area contributed by atoms with Gasteiger partial charge in [0, 0.05) is 10.0 Å². The molecule has 0 N–H and O–H groups in total. The Morgan fingerprint density at radius 1 is 0.833 bits per heavy atom. The highest BCUT2D eigenvalue weighted by Gasteiger charge is 2.07. The van der Waals surface area contributed by atoms with Gasteiger partial charge in [-0.15, -0.1) is 0 Å². The summed E-state index contributed by atoms with van der Waals surface area (Å²) < 4.78 is 5.86. The van der Waals surface area contributed by atoms with E-state index in [0.717, 1.165) is 38.2 Å². The number of hydrogen-bond acceptors (Lipinski definition) is 1. The topological polar surface area (TPSA) is 9.23 Å². The van der Waals surface area contributed by atoms with Crippen molar-refractivity contribution in [1.29, 1.82) is 0 Å². The summed E-state index contributed by atoms with van der Waals surface area (Å²) in [6.07, 6.45) is 0. The van der Waals surface area contributed by atoms with Crippen LogP contribution in [0, 0.1) is 20.8 Å². The third kappa shape index (κ3) is 2.63. The van der Waals surface area contributed by atoms with Crippen molar-refractivity contribution in [3.05, 3.63) is 57.1 Å². The van der Waals surface area contributed by atoms with Gasteiger partial charge in [-0.2, -0.15) is 0 Å². The van der Waals surface area contributed by atoms with Crippen LogP contribution >= 0.6 is 23.2 Å². The average molecular weight is 281 g/mol. The van der Waals surface area contributed by atoms with E-state index in [1.165, 1.54) is 0 Å². The molecule has 0 amide bonds. The molecule has 0 saturated heterocycles. The second-order valence-electron chi connectivity index (χ2n) is 4.31. The average Bonchev–Trinajstić information content (AvgIpc) is 2.34. The Hall–Kier alpha value is -1.18. The third-order valence-electron chi connectivity index (χ3n) is 3.03. The fourth-order valence-electron chi connectivity index (χ4n) is 1.68. The van der Waals surface area contributed by atoms with Gasteiger partial charge in [0.25, 0.3) is 0 Å². The molecular formula is C15H14Cl2O. The van der Waals surface area contributed by atoms with E-state index in [9.17, 15) is 0 Å². The van der Waals surface area contributed by atoms with Crippen molar-refractivity contribution in [2.75, 3.05) is 0 Å². The van der Waals surface area contributed by atoms with Gasteiger partial charge < -0.3 is 4.74 Å². The van der Waals surface area contributed by atoms with Crippen molar-refractivity contribution in [2.24, 2.45) is 0 Å². The first-order chi connectivity index (χ1) is 8.49. The maximum atomic E-state index is 6.06. The lowest BCUT2D eigenvalue weighted by atomic mass is 10.1. The van der Waals surface area contributed by atoms with Gasteiger partial charge in [-0.3, -0.25) is 0 Å². The molecule has 2 aromatic rings. The van der Waals surface area contributed by atoms with Crippen molar-refractivity contribution in [3.63, 3.8) is 0 Å². The van der Waals surface area contributed by atoms with Gasteiger partial charge in [0.05, 0.1) is 0 Å². The minimum Gasteiger partial charge on any atom is -0.457 e. The molecule has 0 fully saturated rings. The maximum absolute atomic E-state index is 6.06. The van der Waals surface area contributed by atoms with Crippen LogP contribution in [0.25, 0.3) is 0 Å². The SMILES string of the molecule is Cc1cc(Oc2ccc(Cl)c(C)c2C)ccc1Cl. The lowest BCUT2D eigenvalue weighted by molar-refractivity contribution is 0.478. The summed E-state index contributed by atoms with van der Waals surface area (Å²) in [6.45, 7) is 5.94. The summed E-state index contributed by atoms with van der Waals surface area (Å²) in [4.78, 5) is 0. The van der Waals surface area contributed by atoms with E-state index in [1.807, 2.05) is 51.1 Å². The van der Waals surface area contributed by atoms with Crippen LogP contribution < -0.4 is 4.74 Å². The van der Waals surface area contributed by atoms with Gasteiger partial charge in [-0.05, 0) is 67.8 Å². The van der Waals surface area contributed by atoms with Crippen LogP contribution in [0.4, 0.5) is 0 Å². The second kappa shape index (κ2) is 5.21. The largest absolute Gasteiger partial charge is 0.457 e. The summed E-state index contributed by atoms with van der Waals surface area (Å²) in [5.74, 6) is 1.60. The van der Waals surface area contributed by atoms with Crippen molar-refractivity contribution in [1.82, 2.24) is 0 Å². The molecule has 0 saturated carbocycles. The van der Waals surface area contributed by atoms with Gasteiger partial charge in [0.15, 0.2) is 0 Å². The van der Waals surface area contributed by atoms with E-state index in [0.29, 0.717) is 0 Å². The van der Waals surface area contributed by atoms with E-state index in [4.69, 9.17) is 27.9 Å². The molecule has 0 unspecified atom stereocenters. The van der Waals surface area contributed by atoms with Crippen LogP contribution in [-0.2, 0) is 0 Å². The molecule has 0 bridgehead atoms. The molecular weight excluding hydrogens is 267 g/mol. The summed E-state index contributed by atoms with van der Waals surface area (Å²) in [5, 5.41) is 1.50. The Balaban J connectivity index is 2.34. The first kappa shape index (κ1) is 13.3. The van der Waals surface area contributed by atoms with Gasteiger partial charge in [0.2, 0.25) is 0 Å². The number of rotatable bonds is 2. The fraction of sp³-hybridized carbons (Fsp3) is 0.200. The summed E-state index contributed by atoms with van der Waals surface area (Å²) in [5.41, 5.74) is 3.09. The molecule has 0 radical (unpaired) electrons. The van der Waals surface area contributed by atoms with Crippen molar-refractivity contribution in [3.8, 4) is 11.5 Å². The van der Waals surface area contributed by atoms with Crippen molar-refractivity contribution < 1.29 is 4.74 Å². The molecule has 0 aliphatic rings. The van der Waals surface area contributed by atoms with Gasteiger partial charge in [-0.1, -0.05) is 23.2 Å². The molecule has 2 aromatic carbocycles. The van der Waals surface area contributed by atoms with E-state index in [-0.39, 0.29) is 0 Å². The van der Waals surface area contributed by atoms with Crippen LogP contribution in [0.15, 0.2) is 30.3 Å². The Morgan fingerprint density at radius 3 is 2.17 bits per heavy atom. The zero-order chi connectivity index (χ0) is 13.3. The molecule has 0 heterocycles. The molecule has 0 aromatic heterocycles. The highest BCUT2D eigenvalue weighted by molar-refractivity contribution is 6.31. The zero-order valence-corrected chi connectivity index (χ0v) is 12.1. The molecule has 0 spiro atoms. The van der Waals surface area contributed by atoms with Crippen LogP contribution in [-0.4, -0.2) is 0 Å². The lowest BCUT2D eigenvalue weighted by Crippen LogP contribution is -1.91.